The first kappa shape index (κ1) is 27.0. The van der Waals surface area contributed by atoms with E-state index < -0.39 is 0 Å². The summed E-state index contributed by atoms with van der Waals surface area (Å²) in [5, 5.41) is 2.16. The molecule has 47 heavy (non-hydrogen) atoms. The van der Waals surface area contributed by atoms with E-state index in [0.29, 0.717) is 17.5 Å². The zero-order chi connectivity index (χ0) is 31.2. The van der Waals surface area contributed by atoms with Gasteiger partial charge in [0.05, 0.1) is 11.4 Å². The van der Waals surface area contributed by atoms with E-state index in [1.807, 2.05) is 36.4 Å². The normalized spacial score (nSPS) is 11.7. The van der Waals surface area contributed by atoms with Crippen LogP contribution in [0, 0.1) is 0 Å². The first-order valence-corrected chi connectivity index (χ1v) is 15.7. The Bertz CT molecular complexity index is 2440. The molecule has 220 valence electrons. The van der Waals surface area contributed by atoms with Crippen LogP contribution in [0.5, 0.6) is 0 Å². The molecule has 6 aromatic carbocycles. The summed E-state index contributed by atoms with van der Waals surface area (Å²) < 4.78 is 0. The molecule has 0 saturated heterocycles. The van der Waals surface area contributed by atoms with Crippen molar-refractivity contribution in [2.24, 2.45) is 0 Å². The van der Waals surface area contributed by atoms with Crippen LogP contribution in [0.2, 0.25) is 0 Å². The standard InChI is InChI=1S/C42H27N5/c1-3-12-27(13-4-1)29-18-11-19-32(22-29)41-45-40(28-14-5-2-6-15-28)46-42(47-41)36-25-33(23-30-16-7-9-20-34(30)36)38-37-24-31-17-8-10-21-35(31)39(37)44-26-43-38/h1-23,25-26H,24H2. The molecule has 5 nitrogen and oxygen atoms in total. The summed E-state index contributed by atoms with van der Waals surface area (Å²) in [7, 11) is 0. The van der Waals surface area contributed by atoms with Gasteiger partial charge >= 0.3 is 0 Å². The smallest absolute Gasteiger partial charge is 0.164 e. The summed E-state index contributed by atoms with van der Waals surface area (Å²) in [4.78, 5) is 24.9. The van der Waals surface area contributed by atoms with Gasteiger partial charge in [-0.1, -0.05) is 127 Å². The Morgan fingerprint density at radius 2 is 1.04 bits per heavy atom. The van der Waals surface area contributed by atoms with Crippen LogP contribution in [0.3, 0.4) is 0 Å². The van der Waals surface area contributed by atoms with Gasteiger partial charge < -0.3 is 0 Å². The first-order chi connectivity index (χ1) is 23.3. The first-order valence-electron chi connectivity index (χ1n) is 15.7. The van der Waals surface area contributed by atoms with Crippen LogP contribution < -0.4 is 0 Å². The van der Waals surface area contributed by atoms with Gasteiger partial charge in [-0.3, -0.25) is 0 Å². The quantitative estimate of drug-likeness (QED) is 0.197. The number of hydrogen-bond donors (Lipinski definition) is 0. The molecule has 0 amide bonds. The Morgan fingerprint density at radius 3 is 1.89 bits per heavy atom. The SMILES string of the molecule is c1ccc(-c2cccc(-c3nc(-c4ccccc4)nc(-c4cc(-c5ncnc6c5Cc5ccccc5-6)cc5ccccc45)n3)c2)cc1. The molecular formula is C42H27N5. The molecule has 0 spiro atoms. The highest BCUT2D eigenvalue weighted by Gasteiger charge is 2.24. The molecule has 0 unspecified atom stereocenters. The van der Waals surface area contributed by atoms with Gasteiger partial charge in [0.1, 0.15) is 6.33 Å². The van der Waals surface area contributed by atoms with Gasteiger partial charge in [0.15, 0.2) is 17.5 Å². The third-order valence-corrected chi connectivity index (χ3v) is 8.86. The number of rotatable bonds is 5. The van der Waals surface area contributed by atoms with Gasteiger partial charge in [-0.2, -0.15) is 0 Å². The Hall–Kier alpha value is -6.33. The molecule has 1 aliphatic carbocycles. The molecule has 0 saturated carbocycles. The van der Waals surface area contributed by atoms with Crippen LogP contribution in [-0.2, 0) is 6.42 Å². The van der Waals surface area contributed by atoms with Crippen molar-refractivity contribution in [3.8, 4) is 67.8 Å². The maximum atomic E-state index is 5.17. The van der Waals surface area contributed by atoms with Crippen molar-refractivity contribution >= 4 is 10.8 Å². The molecule has 1 aliphatic rings. The molecule has 8 aromatic rings. The van der Waals surface area contributed by atoms with Gasteiger partial charge in [-0.15, -0.1) is 0 Å². The minimum Gasteiger partial charge on any atom is -0.236 e. The number of benzene rings is 6. The molecular weight excluding hydrogens is 574 g/mol. The average molecular weight is 602 g/mol. The number of hydrogen-bond acceptors (Lipinski definition) is 5. The zero-order valence-electron chi connectivity index (χ0n) is 25.4. The second-order valence-corrected chi connectivity index (χ2v) is 11.7. The Morgan fingerprint density at radius 1 is 0.404 bits per heavy atom. The molecule has 9 rings (SSSR count). The Labute approximate surface area is 272 Å². The van der Waals surface area contributed by atoms with Crippen LogP contribution >= 0.6 is 0 Å². The molecule has 2 aromatic heterocycles. The predicted molar refractivity (Wildman–Crippen MR) is 188 cm³/mol. The summed E-state index contributed by atoms with van der Waals surface area (Å²) >= 11 is 0. The highest BCUT2D eigenvalue weighted by Crippen LogP contribution is 2.41. The number of fused-ring (bicyclic) bond motifs is 4. The van der Waals surface area contributed by atoms with Crippen molar-refractivity contribution in [1.82, 2.24) is 24.9 Å². The van der Waals surface area contributed by atoms with Crippen molar-refractivity contribution in [2.45, 2.75) is 6.42 Å². The summed E-state index contributed by atoms with van der Waals surface area (Å²) in [5.74, 6) is 1.87. The minimum absolute atomic E-state index is 0.617. The van der Waals surface area contributed by atoms with Gasteiger partial charge in [0, 0.05) is 39.8 Å². The molecule has 2 heterocycles. The Balaban J connectivity index is 1.25. The van der Waals surface area contributed by atoms with Crippen LogP contribution in [0.1, 0.15) is 11.1 Å². The van der Waals surface area contributed by atoms with E-state index in [1.165, 1.54) is 11.1 Å². The summed E-state index contributed by atoms with van der Waals surface area (Å²) in [6.45, 7) is 0. The zero-order valence-corrected chi connectivity index (χ0v) is 25.4. The maximum Gasteiger partial charge on any atom is 0.164 e. The van der Waals surface area contributed by atoms with Crippen molar-refractivity contribution in [2.75, 3.05) is 0 Å². The number of aromatic nitrogens is 5. The van der Waals surface area contributed by atoms with Crippen LogP contribution in [0.25, 0.3) is 78.6 Å². The van der Waals surface area contributed by atoms with Crippen molar-refractivity contribution in [3.63, 3.8) is 0 Å². The lowest BCUT2D eigenvalue weighted by molar-refractivity contribution is 1.08. The molecule has 0 N–H and O–H groups in total. The fourth-order valence-corrected chi connectivity index (χ4v) is 6.60. The van der Waals surface area contributed by atoms with Crippen LogP contribution in [-0.4, -0.2) is 24.9 Å². The predicted octanol–water partition coefficient (Wildman–Crippen LogP) is 9.72. The highest BCUT2D eigenvalue weighted by molar-refractivity contribution is 5.99. The minimum atomic E-state index is 0.617. The fraction of sp³-hybridized carbons (Fsp3) is 0.0238. The second-order valence-electron chi connectivity index (χ2n) is 11.7. The number of nitrogens with zero attached hydrogens (tertiary/aromatic N) is 5. The molecule has 0 aliphatic heterocycles. The maximum absolute atomic E-state index is 5.17. The molecule has 0 radical (unpaired) electrons. The van der Waals surface area contributed by atoms with Crippen LogP contribution in [0.4, 0.5) is 0 Å². The van der Waals surface area contributed by atoms with Gasteiger partial charge in [0.2, 0.25) is 0 Å². The van der Waals surface area contributed by atoms with Crippen molar-refractivity contribution < 1.29 is 0 Å². The van der Waals surface area contributed by atoms with E-state index in [-0.39, 0.29) is 0 Å². The van der Waals surface area contributed by atoms with E-state index >= 15 is 0 Å². The summed E-state index contributed by atoms with van der Waals surface area (Å²) in [6, 6.07) is 50.2. The molecule has 0 bridgehead atoms. The molecule has 5 heteroatoms. The van der Waals surface area contributed by atoms with Crippen molar-refractivity contribution in [3.05, 3.63) is 163 Å². The van der Waals surface area contributed by atoms with Gasteiger partial charge in [-0.25, -0.2) is 24.9 Å². The van der Waals surface area contributed by atoms with E-state index in [9.17, 15) is 0 Å². The van der Waals surface area contributed by atoms with E-state index in [4.69, 9.17) is 24.9 Å². The lowest BCUT2D eigenvalue weighted by Gasteiger charge is -2.14. The second kappa shape index (κ2) is 11.2. The van der Waals surface area contributed by atoms with E-state index in [1.54, 1.807) is 6.33 Å². The summed E-state index contributed by atoms with van der Waals surface area (Å²) in [6.07, 6.45) is 2.48. The van der Waals surface area contributed by atoms with Gasteiger partial charge in [0.25, 0.3) is 0 Å². The van der Waals surface area contributed by atoms with Crippen LogP contribution in [0.15, 0.2) is 152 Å². The highest BCUT2D eigenvalue weighted by atomic mass is 15.0. The largest absolute Gasteiger partial charge is 0.236 e. The van der Waals surface area contributed by atoms with E-state index in [0.717, 1.165) is 67.5 Å². The average Bonchev–Trinajstić information content (AvgIpc) is 3.54. The molecule has 0 atom stereocenters. The Kier molecular flexibility index (Phi) is 6.46. The topological polar surface area (TPSA) is 64.5 Å². The lowest BCUT2D eigenvalue weighted by Crippen LogP contribution is -2.01. The monoisotopic (exact) mass is 601 g/mol. The molecule has 0 fully saturated rings. The van der Waals surface area contributed by atoms with Gasteiger partial charge in [-0.05, 0) is 45.7 Å². The fourth-order valence-electron chi connectivity index (χ4n) is 6.60. The summed E-state index contributed by atoms with van der Waals surface area (Å²) in [5.41, 5.74) is 11.6. The third-order valence-electron chi connectivity index (χ3n) is 8.86. The lowest BCUT2D eigenvalue weighted by atomic mass is 9.96. The van der Waals surface area contributed by atoms with E-state index in [2.05, 4.69) is 109 Å². The van der Waals surface area contributed by atoms with Crippen molar-refractivity contribution in [1.29, 1.82) is 0 Å². The third kappa shape index (κ3) is 4.86.